The zero-order valence-electron chi connectivity index (χ0n) is 8.85. The Bertz CT molecular complexity index is 496. The van der Waals surface area contributed by atoms with Gasteiger partial charge in [-0.05, 0) is 18.2 Å². The topological polar surface area (TPSA) is 53.1 Å². The van der Waals surface area contributed by atoms with Gasteiger partial charge < -0.3 is 10.5 Å². The van der Waals surface area contributed by atoms with Crippen LogP contribution in [0.4, 0.5) is 4.39 Å². The van der Waals surface area contributed by atoms with Gasteiger partial charge in [0.2, 0.25) is 0 Å². The van der Waals surface area contributed by atoms with E-state index in [2.05, 4.69) is 5.10 Å². The first-order valence-corrected chi connectivity index (χ1v) is 4.83. The number of halogens is 1. The van der Waals surface area contributed by atoms with E-state index < -0.39 is 0 Å². The van der Waals surface area contributed by atoms with Gasteiger partial charge in [-0.2, -0.15) is 5.10 Å². The third-order valence-electron chi connectivity index (χ3n) is 2.25. The summed E-state index contributed by atoms with van der Waals surface area (Å²) >= 11 is 0. The second-order valence-electron chi connectivity index (χ2n) is 3.27. The predicted octanol–water partition coefficient (Wildman–Crippen LogP) is 1.48. The van der Waals surface area contributed by atoms with Crippen molar-refractivity contribution in [2.24, 2.45) is 5.73 Å². The average Bonchev–Trinajstić information content (AvgIpc) is 2.78. The summed E-state index contributed by atoms with van der Waals surface area (Å²) in [6.45, 7) is 0.332. The zero-order chi connectivity index (χ0) is 11.5. The van der Waals surface area contributed by atoms with Gasteiger partial charge in [-0.25, -0.2) is 9.07 Å². The fraction of sp³-hybridized carbons (Fsp3) is 0.182. The first kappa shape index (κ1) is 10.6. The Morgan fingerprint density at radius 1 is 1.44 bits per heavy atom. The summed E-state index contributed by atoms with van der Waals surface area (Å²) in [5.41, 5.74) is 6.50. The molecule has 1 heterocycles. The molecule has 1 aromatic heterocycles. The quantitative estimate of drug-likeness (QED) is 0.854. The van der Waals surface area contributed by atoms with Crippen molar-refractivity contribution in [2.75, 3.05) is 7.11 Å². The SMILES string of the molecule is COc1ccc(F)c(-n2ccc(CN)n2)c1. The third-order valence-corrected chi connectivity index (χ3v) is 2.25. The van der Waals surface area contributed by atoms with Gasteiger partial charge in [0, 0.05) is 18.8 Å². The molecule has 0 bridgehead atoms. The Kier molecular flexibility index (Phi) is 2.87. The van der Waals surface area contributed by atoms with Gasteiger partial charge in [0.15, 0.2) is 0 Å². The van der Waals surface area contributed by atoms with Gasteiger partial charge >= 0.3 is 0 Å². The van der Waals surface area contributed by atoms with Crippen molar-refractivity contribution in [3.8, 4) is 11.4 Å². The lowest BCUT2D eigenvalue weighted by atomic mass is 10.3. The van der Waals surface area contributed by atoms with Gasteiger partial charge in [0.05, 0.1) is 12.8 Å². The van der Waals surface area contributed by atoms with Crippen molar-refractivity contribution in [2.45, 2.75) is 6.54 Å². The van der Waals surface area contributed by atoms with E-state index in [4.69, 9.17) is 10.5 Å². The molecule has 0 saturated carbocycles. The van der Waals surface area contributed by atoms with Crippen molar-refractivity contribution in [3.63, 3.8) is 0 Å². The van der Waals surface area contributed by atoms with Gasteiger partial charge in [-0.15, -0.1) is 0 Å². The average molecular weight is 221 g/mol. The molecule has 84 valence electrons. The molecule has 0 amide bonds. The maximum Gasteiger partial charge on any atom is 0.149 e. The first-order chi connectivity index (χ1) is 7.74. The van der Waals surface area contributed by atoms with E-state index in [0.29, 0.717) is 23.7 Å². The van der Waals surface area contributed by atoms with Gasteiger partial charge in [0.1, 0.15) is 17.3 Å². The molecule has 5 heteroatoms. The Labute approximate surface area is 92.4 Å². The summed E-state index contributed by atoms with van der Waals surface area (Å²) in [6.07, 6.45) is 1.67. The van der Waals surface area contributed by atoms with E-state index in [1.165, 1.54) is 17.9 Å². The maximum absolute atomic E-state index is 13.6. The Morgan fingerprint density at radius 3 is 2.88 bits per heavy atom. The van der Waals surface area contributed by atoms with E-state index in [9.17, 15) is 4.39 Å². The minimum atomic E-state index is -0.354. The highest BCUT2D eigenvalue weighted by Crippen LogP contribution is 2.19. The lowest BCUT2D eigenvalue weighted by Crippen LogP contribution is -2.02. The molecular weight excluding hydrogens is 209 g/mol. The van der Waals surface area contributed by atoms with Crippen molar-refractivity contribution >= 4 is 0 Å². The summed E-state index contributed by atoms with van der Waals surface area (Å²) in [5, 5.41) is 4.13. The van der Waals surface area contributed by atoms with Crippen LogP contribution in [0.1, 0.15) is 5.69 Å². The van der Waals surface area contributed by atoms with Crippen LogP contribution in [0.3, 0.4) is 0 Å². The highest BCUT2D eigenvalue weighted by molar-refractivity contribution is 5.40. The number of hydrogen-bond donors (Lipinski definition) is 1. The highest BCUT2D eigenvalue weighted by Gasteiger charge is 2.07. The van der Waals surface area contributed by atoms with Crippen LogP contribution in [0.5, 0.6) is 5.75 Å². The van der Waals surface area contributed by atoms with Gasteiger partial charge in [0.25, 0.3) is 0 Å². The van der Waals surface area contributed by atoms with Crippen LogP contribution in [0.2, 0.25) is 0 Å². The van der Waals surface area contributed by atoms with Crippen molar-refractivity contribution in [1.29, 1.82) is 0 Å². The molecule has 16 heavy (non-hydrogen) atoms. The summed E-state index contributed by atoms with van der Waals surface area (Å²) < 4.78 is 20.0. The lowest BCUT2D eigenvalue weighted by molar-refractivity contribution is 0.413. The molecule has 2 N–H and O–H groups in total. The molecular formula is C11H12FN3O. The van der Waals surface area contributed by atoms with Gasteiger partial charge in [-0.3, -0.25) is 0 Å². The molecule has 0 aliphatic rings. The number of nitrogens with two attached hydrogens (primary N) is 1. The van der Waals surface area contributed by atoms with E-state index in [1.54, 1.807) is 24.4 Å². The minimum absolute atomic E-state index is 0.332. The standard InChI is InChI=1S/C11H12FN3O/c1-16-9-2-3-10(12)11(6-9)15-5-4-8(7-13)14-15/h2-6H,7,13H2,1H3. The second-order valence-corrected chi connectivity index (χ2v) is 3.27. The van der Waals surface area contributed by atoms with Crippen molar-refractivity contribution in [1.82, 2.24) is 9.78 Å². The summed E-state index contributed by atoms with van der Waals surface area (Å²) in [4.78, 5) is 0. The van der Waals surface area contributed by atoms with Crippen LogP contribution in [-0.2, 0) is 6.54 Å². The summed E-state index contributed by atoms with van der Waals surface area (Å²) in [5.74, 6) is 0.230. The number of nitrogens with zero attached hydrogens (tertiary/aromatic N) is 2. The maximum atomic E-state index is 13.6. The van der Waals surface area contributed by atoms with E-state index in [-0.39, 0.29) is 5.82 Å². The fourth-order valence-corrected chi connectivity index (χ4v) is 1.40. The molecule has 4 nitrogen and oxygen atoms in total. The van der Waals surface area contributed by atoms with Crippen LogP contribution in [0.25, 0.3) is 5.69 Å². The molecule has 0 saturated heterocycles. The molecule has 0 unspecified atom stereocenters. The number of rotatable bonds is 3. The molecule has 2 aromatic rings. The lowest BCUT2D eigenvalue weighted by Gasteiger charge is -2.05. The van der Waals surface area contributed by atoms with Gasteiger partial charge in [-0.1, -0.05) is 0 Å². The molecule has 0 atom stereocenters. The summed E-state index contributed by atoms with van der Waals surface area (Å²) in [6, 6.07) is 6.24. The third kappa shape index (κ3) is 1.90. The van der Waals surface area contributed by atoms with E-state index >= 15 is 0 Å². The predicted molar refractivity (Wildman–Crippen MR) is 58.0 cm³/mol. The highest BCUT2D eigenvalue weighted by atomic mass is 19.1. The van der Waals surface area contributed by atoms with Crippen LogP contribution >= 0.6 is 0 Å². The molecule has 2 rings (SSSR count). The second kappa shape index (κ2) is 4.32. The summed E-state index contributed by atoms with van der Waals surface area (Å²) in [7, 11) is 1.53. The largest absolute Gasteiger partial charge is 0.497 e. The smallest absolute Gasteiger partial charge is 0.149 e. The number of aromatic nitrogens is 2. The van der Waals surface area contributed by atoms with Crippen LogP contribution < -0.4 is 10.5 Å². The zero-order valence-corrected chi connectivity index (χ0v) is 8.85. The Morgan fingerprint density at radius 2 is 2.25 bits per heavy atom. The van der Waals surface area contributed by atoms with E-state index in [1.807, 2.05) is 0 Å². The Hall–Kier alpha value is -1.88. The van der Waals surface area contributed by atoms with Crippen molar-refractivity contribution in [3.05, 3.63) is 42.0 Å². The number of methoxy groups -OCH3 is 1. The molecule has 1 aromatic carbocycles. The monoisotopic (exact) mass is 221 g/mol. The normalized spacial score (nSPS) is 10.4. The number of hydrogen-bond acceptors (Lipinski definition) is 3. The Balaban J connectivity index is 2.45. The molecule has 0 radical (unpaired) electrons. The molecule has 0 spiro atoms. The van der Waals surface area contributed by atoms with Crippen LogP contribution in [0.15, 0.2) is 30.5 Å². The fourth-order valence-electron chi connectivity index (χ4n) is 1.40. The molecule has 0 aliphatic carbocycles. The van der Waals surface area contributed by atoms with Crippen molar-refractivity contribution < 1.29 is 9.13 Å². The first-order valence-electron chi connectivity index (χ1n) is 4.83. The van der Waals surface area contributed by atoms with Crippen LogP contribution in [-0.4, -0.2) is 16.9 Å². The number of ether oxygens (including phenoxy) is 1. The van der Waals surface area contributed by atoms with Crippen LogP contribution in [0, 0.1) is 5.82 Å². The van der Waals surface area contributed by atoms with E-state index in [0.717, 1.165) is 0 Å². The number of benzene rings is 1. The molecule has 0 aliphatic heterocycles. The minimum Gasteiger partial charge on any atom is -0.497 e. The molecule has 0 fully saturated rings.